The molecule has 3 aromatic rings. The normalized spacial score (nSPS) is 10.9. The summed E-state index contributed by atoms with van der Waals surface area (Å²) in [4.78, 5) is 12.3. The minimum absolute atomic E-state index is 0.0857. The Balaban J connectivity index is 1.98. The van der Waals surface area contributed by atoms with Crippen molar-refractivity contribution in [2.75, 3.05) is 0 Å². The lowest BCUT2D eigenvalue weighted by Crippen LogP contribution is -2.25. The molecule has 8 heteroatoms. The molecule has 0 aliphatic carbocycles. The van der Waals surface area contributed by atoms with Gasteiger partial charge >= 0.3 is 5.69 Å². The first-order valence-electron chi connectivity index (χ1n) is 6.28. The fourth-order valence-corrected chi connectivity index (χ4v) is 2.40. The van der Waals surface area contributed by atoms with Gasteiger partial charge in [0.1, 0.15) is 5.82 Å². The van der Waals surface area contributed by atoms with Gasteiger partial charge in [-0.15, -0.1) is 0 Å². The molecule has 0 radical (unpaired) electrons. The van der Waals surface area contributed by atoms with Crippen LogP contribution in [0.1, 0.15) is 5.56 Å². The zero-order chi connectivity index (χ0) is 15.7. The summed E-state index contributed by atoms with van der Waals surface area (Å²) in [6.07, 6.45) is 0. The molecule has 112 valence electrons. The van der Waals surface area contributed by atoms with Crippen molar-refractivity contribution in [2.45, 2.75) is 6.54 Å². The Hall–Kier alpha value is -2.18. The highest BCUT2D eigenvalue weighted by molar-refractivity contribution is 6.32. The van der Waals surface area contributed by atoms with Gasteiger partial charge in [-0.25, -0.2) is 9.18 Å². The molecule has 3 rings (SSSR count). The average molecular weight is 339 g/mol. The van der Waals surface area contributed by atoms with Gasteiger partial charge < -0.3 is 0 Å². The van der Waals surface area contributed by atoms with Crippen LogP contribution < -0.4 is 5.69 Å². The van der Waals surface area contributed by atoms with Crippen LogP contribution >= 0.6 is 23.2 Å². The van der Waals surface area contributed by atoms with Crippen molar-refractivity contribution >= 4 is 23.2 Å². The number of aromatic nitrogens is 4. The Kier molecular flexibility index (Phi) is 3.96. The highest BCUT2D eigenvalue weighted by atomic mass is 35.5. The van der Waals surface area contributed by atoms with Crippen molar-refractivity contribution in [1.29, 1.82) is 0 Å². The molecular weight excluding hydrogens is 330 g/mol. The van der Waals surface area contributed by atoms with Gasteiger partial charge in [-0.05, 0) is 40.3 Å². The monoisotopic (exact) mass is 338 g/mol. The van der Waals surface area contributed by atoms with Crippen LogP contribution in [-0.2, 0) is 6.54 Å². The first-order chi connectivity index (χ1) is 10.6. The Morgan fingerprint density at radius 1 is 1.05 bits per heavy atom. The summed E-state index contributed by atoms with van der Waals surface area (Å²) in [5, 5.41) is 8.21. The highest BCUT2D eigenvalue weighted by Crippen LogP contribution is 2.19. The zero-order valence-electron chi connectivity index (χ0n) is 11.1. The number of halogens is 3. The SMILES string of the molecule is O=c1n(Cc2ccc(F)cc2Cl)nnn1-c1ccccc1Cl. The van der Waals surface area contributed by atoms with Crippen LogP contribution in [0.2, 0.25) is 10.0 Å². The number of rotatable bonds is 3. The molecule has 0 saturated heterocycles. The van der Waals surface area contributed by atoms with Gasteiger partial charge in [0.15, 0.2) is 0 Å². The van der Waals surface area contributed by atoms with E-state index in [9.17, 15) is 9.18 Å². The predicted molar refractivity (Wildman–Crippen MR) is 81.1 cm³/mol. The Labute approximate surface area is 134 Å². The Morgan fingerprint density at radius 2 is 1.82 bits per heavy atom. The third-order valence-electron chi connectivity index (χ3n) is 3.06. The molecule has 0 spiro atoms. The second-order valence-electron chi connectivity index (χ2n) is 4.52. The van der Waals surface area contributed by atoms with E-state index in [4.69, 9.17) is 23.2 Å². The molecule has 0 atom stereocenters. The number of nitrogens with zero attached hydrogens (tertiary/aromatic N) is 4. The molecule has 0 unspecified atom stereocenters. The summed E-state index contributed by atoms with van der Waals surface area (Å²) in [5.74, 6) is -0.444. The number of tetrazole rings is 1. The first-order valence-corrected chi connectivity index (χ1v) is 7.03. The van der Waals surface area contributed by atoms with E-state index in [2.05, 4.69) is 10.4 Å². The van der Waals surface area contributed by atoms with Gasteiger partial charge in [0, 0.05) is 5.02 Å². The summed E-state index contributed by atoms with van der Waals surface area (Å²) in [7, 11) is 0. The molecular formula is C14H9Cl2FN4O. The lowest BCUT2D eigenvalue weighted by Gasteiger charge is -2.03. The lowest BCUT2D eigenvalue weighted by molar-refractivity contribution is 0.617. The van der Waals surface area contributed by atoms with Gasteiger partial charge in [-0.1, -0.05) is 41.4 Å². The number of hydrogen-bond acceptors (Lipinski definition) is 3. The fraction of sp³-hybridized carbons (Fsp3) is 0.0714. The number of hydrogen-bond donors (Lipinski definition) is 0. The maximum atomic E-state index is 13.0. The second-order valence-corrected chi connectivity index (χ2v) is 5.33. The molecule has 0 fully saturated rings. The van der Waals surface area contributed by atoms with E-state index in [1.54, 1.807) is 24.3 Å². The van der Waals surface area contributed by atoms with Crippen LogP contribution in [0, 0.1) is 5.82 Å². The van der Waals surface area contributed by atoms with Crippen LogP contribution in [0.15, 0.2) is 47.3 Å². The van der Waals surface area contributed by atoms with Crippen molar-refractivity contribution in [1.82, 2.24) is 19.8 Å². The fourth-order valence-electron chi connectivity index (χ4n) is 1.96. The predicted octanol–water partition coefficient (Wildman–Crippen LogP) is 2.92. The van der Waals surface area contributed by atoms with Gasteiger partial charge in [-0.3, -0.25) is 0 Å². The van der Waals surface area contributed by atoms with E-state index in [-0.39, 0.29) is 11.6 Å². The van der Waals surface area contributed by atoms with E-state index in [1.807, 2.05) is 0 Å². The second kappa shape index (κ2) is 5.90. The van der Waals surface area contributed by atoms with Crippen molar-refractivity contribution in [2.24, 2.45) is 0 Å². The lowest BCUT2D eigenvalue weighted by atomic mass is 10.2. The standard InChI is InChI=1S/C14H9Cl2FN4O/c15-11-3-1-2-4-13(11)21-14(22)20(18-19-21)8-9-5-6-10(17)7-12(9)16/h1-7H,8H2. The van der Waals surface area contributed by atoms with E-state index >= 15 is 0 Å². The summed E-state index contributed by atoms with van der Waals surface area (Å²) in [6.45, 7) is 0.0857. The molecule has 0 aliphatic heterocycles. The van der Waals surface area contributed by atoms with Crippen LogP contribution in [0.4, 0.5) is 4.39 Å². The van der Waals surface area contributed by atoms with Crippen LogP contribution in [-0.4, -0.2) is 19.8 Å². The molecule has 1 aromatic heterocycles. The largest absolute Gasteiger partial charge is 0.368 e. The first kappa shape index (κ1) is 14.7. The van der Waals surface area contributed by atoms with E-state index < -0.39 is 11.5 Å². The number of benzene rings is 2. The molecule has 22 heavy (non-hydrogen) atoms. The topological polar surface area (TPSA) is 52.7 Å². The molecule has 1 heterocycles. The summed E-state index contributed by atoms with van der Waals surface area (Å²) < 4.78 is 15.3. The quantitative estimate of drug-likeness (QED) is 0.737. The summed E-state index contributed by atoms with van der Waals surface area (Å²) in [5.41, 5.74) is 0.537. The van der Waals surface area contributed by atoms with Crippen molar-refractivity contribution in [3.63, 3.8) is 0 Å². The molecule has 0 aliphatic rings. The van der Waals surface area contributed by atoms with Crippen molar-refractivity contribution in [3.8, 4) is 5.69 Å². The molecule has 0 saturated carbocycles. The van der Waals surface area contributed by atoms with E-state index in [0.29, 0.717) is 16.3 Å². The van der Waals surface area contributed by atoms with Crippen LogP contribution in [0.3, 0.4) is 0 Å². The molecule has 0 N–H and O–H groups in total. The summed E-state index contributed by atoms with van der Waals surface area (Å²) >= 11 is 12.0. The van der Waals surface area contributed by atoms with Crippen molar-refractivity contribution < 1.29 is 4.39 Å². The van der Waals surface area contributed by atoms with Crippen LogP contribution in [0.5, 0.6) is 0 Å². The zero-order valence-corrected chi connectivity index (χ0v) is 12.6. The molecule has 0 amide bonds. The third-order valence-corrected chi connectivity index (χ3v) is 3.73. The van der Waals surface area contributed by atoms with Gasteiger partial charge in [0.25, 0.3) is 0 Å². The summed E-state index contributed by atoms with van der Waals surface area (Å²) in [6, 6.07) is 10.7. The minimum atomic E-state index is -0.464. The van der Waals surface area contributed by atoms with Crippen molar-refractivity contribution in [3.05, 3.63) is 74.4 Å². The smallest absolute Gasteiger partial charge is 0.244 e. The molecule has 0 bridgehead atoms. The molecule has 5 nitrogen and oxygen atoms in total. The Morgan fingerprint density at radius 3 is 2.55 bits per heavy atom. The maximum absolute atomic E-state index is 13.0. The minimum Gasteiger partial charge on any atom is -0.244 e. The van der Waals surface area contributed by atoms with E-state index in [1.165, 1.54) is 18.2 Å². The Bertz CT molecular complexity index is 891. The van der Waals surface area contributed by atoms with E-state index in [0.717, 1.165) is 9.36 Å². The maximum Gasteiger partial charge on any atom is 0.368 e. The van der Waals surface area contributed by atoms with Crippen LogP contribution in [0.25, 0.3) is 5.69 Å². The van der Waals surface area contributed by atoms with Gasteiger partial charge in [0.05, 0.1) is 17.3 Å². The number of para-hydroxylation sites is 1. The molecule has 2 aromatic carbocycles. The van der Waals surface area contributed by atoms with Gasteiger partial charge in [-0.2, -0.15) is 9.36 Å². The van der Waals surface area contributed by atoms with Gasteiger partial charge in [0.2, 0.25) is 0 Å². The average Bonchev–Trinajstić information content (AvgIpc) is 2.84. The highest BCUT2D eigenvalue weighted by Gasteiger charge is 2.13. The third kappa shape index (κ3) is 2.75.